The lowest BCUT2D eigenvalue weighted by Crippen LogP contribution is -2.03. The molecule has 2 aromatic rings. The van der Waals surface area contributed by atoms with Gasteiger partial charge in [-0.25, -0.2) is 4.98 Å². The summed E-state index contributed by atoms with van der Waals surface area (Å²) in [7, 11) is 1.85. The second-order valence-corrected chi connectivity index (χ2v) is 4.94. The molecule has 0 saturated heterocycles. The molecule has 0 saturated carbocycles. The van der Waals surface area contributed by atoms with Crippen molar-refractivity contribution in [2.45, 2.75) is 32.6 Å². The van der Waals surface area contributed by atoms with Gasteiger partial charge in [-0.2, -0.15) is 4.98 Å². The van der Waals surface area contributed by atoms with Crippen LogP contribution in [0, 0.1) is 0 Å². The van der Waals surface area contributed by atoms with Crippen molar-refractivity contribution in [3.8, 4) is 17.3 Å². The van der Waals surface area contributed by atoms with E-state index in [-0.39, 0.29) is 0 Å². The summed E-state index contributed by atoms with van der Waals surface area (Å²) < 4.78 is 5.77. The molecule has 1 aromatic carbocycles. The Kier molecular flexibility index (Phi) is 6.00. The third kappa shape index (κ3) is 4.74. The van der Waals surface area contributed by atoms with Crippen molar-refractivity contribution in [3.63, 3.8) is 0 Å². The number of rotatable bonds is 8. The summed E-state index contributed by atoms with van der Waals surface area (Å²) in [6, 6.07) is 11.8. The first-order chi connectivity index (χ1) is 10.3. The molecule has 0 aliphatic carbocycles. The normalized spacial score (nSPS) is 10.4. The Hall–Kier alpha value is -2.10. The maximum absolute atomic E-state index is 5.77. The van der Waals surface area contributed by atoms with E-state index < -0.39 is 0 Å². The van der Waals surface area contributed by atoms with E-state index in [0.717, 1.165) is 17.8 Å². The van der Waals surface area contributed by atoms with Gasteiger partial charge in [0.25, 0.3) is 0 Å². The van der Waals surface area contributed by atoms with Gasteiger partial charge in [-0.1, -0.05) is 56.5 Å². The van der Waals surface area contributed by atoms with Gasteiger partial charge < -0.3 is 10.1 Å². The monoisotopic (exact) mass is 285 g/mol. The van der Waals surface area contributed by atoms with Crippen LogP contribution in [0.3, 0.4) is 0 Å². The Bertz CT molecular complexity index is 543. The number of hydrogen-bond donors (Lipinski definition) is 1. The molecule has 0 aliphatic heterocycles. The predicted octanol–water partition coefficient (Wildman–Crippen LogP) is 4.14. The fourth-order valence-corrected chi connectivity index (χ4v) is 2.05. The van der Waals surface area contributed by atoms with Crippen LogP contribution in [-0.4, -0.2) is 23.6 Å². The maximum atomic E-state index is 5.77. The summed E-state index contributed by atoms with van der Waals surface area (Å²) >= 11 is 0. The Labute approximate surface area is 126 Å². The zero-order chi connectivity index (χ0) is 14.9. The lowest BCUT2D eigenvalue weighted by molar-refractivity contribution is 0.294. The van der Waals surface area contributed by atoms with Gasteiger partial charge in [-0.3, -0.25) is 0 Å². The number of ether oxygens (including phenoxy) is 1. The molecule has 0 aliphatic rings. The van der Waals surface area contributed by atoms with E-state index in [0.29, 0.717) is 18.3 Å². The quantitative estimate of drug-likeness (QED) is 0.740. The maximum Gasteiger partial charge on any atom is 0.219 e. The van der Waals surface area contributed by atoms with Crippen LogP contribution < -0.4 is 10.1 Å². The molecule has 4 nitrogen and oxygen atoms in total. The molecule has 0 spiro atoms. The summed E-state index contributed by atoms with van der Waals surface area (Å²) in [5.74, 6) is 2.09. The molecule has 0 amide bonds. The molecule has 1 N–H and O–H groups in total. The van der Waals surface area contributed by atoms with Gasteiger partial charge in [-0.05, 0) is 6.42 Å². The Balaban J connectivity index is 2.07. The minimum absolute atomic E-state index is 0.629. The highest BCUT2D eigenvalue weighted by molar-refractivity contribution is 5.58. The van der Waals surface area contributed by atoms with Crippen molar-refractivity contribution in [1.29, 1.82) is 0 Å². The highest BCUT2D eigenvalue weighted by Crippen LogP contribution is 2.21. The van der Waals surface area contributed by atoms with E-state index in [2.05, 4.69) is 22.2 Å². The molecule has 0 bridgehead atoms. The molecule has 2 rings (SSSR count). The van der Waals surface area contributed by atoms with Gasteiger partial charge in [0.15, 0.2) is 5.82 Å². The summed E-state index contributed by atoms with van der Waals surface area (Å²) in [5.41, 5.74) is 0.991. The first kappa shape index (κ1) is 15.3. The highest BCUT2D eigenvalue weighted by Gasteiger charge is 2.06. The molecule has 4 heteroatoms. The van der Waals surface area contributed by atoms with Crippen molar-refractivity contribution >= 4 is 5.82 Å². The molecule has 1 aromatic heterocycles. The number of nitrogens with zero attached hydrogens (tertiary/aromatic N) is 2. The van der Waals surface area contributed by atoms with E-state index in [9.17, 15) is 0 Å². The summed E-state index contributed by atoms with van der Waals surface area (Å²) in [6.07, 6.45) is 4.75. The second kappa shape index (κ2) is 8.25. The summed E-state index contributed by atoms with van der Waals surface area (Å²) in [4.78, 5) is 8.97. The van der Waals surface area contributed by atoms with Gasteiger partial charge >= 0.3 is 0 Å². The minimum Gasteiger partial charge on any atom is -0.478 e. The number of unbranched alkanes of at least 4 members (excludes halogenated alkanes) is 3. The number of benzene rings is 1. The lowest BCUT2D eigenvalue weighted by atomic mass is 10.2. The molecule has 1 heterocycles. The van der Waals surface area contributed by atoms with Crippen LogP contribution in [0.15, 0.2) is 36.4 Å². The topological polar surface area (TPSA) is 47.0 Å². The Morgan fingerprint density at radius 2 is 1.86 bits per heavy atom. The summed E-state index contributed by atoms with van der Waals surface area (Å²) in [5, 5.41) is 3.06. The van der Waals surface area contributed by atoms with Crippen molar-refractivity contribution in [3.05, 3.63) is 36.4 Å². The van der Waals surface area contributed by atoms with E-state index >= 15 is 0 Å². The molecule has 0 atom stereocenters. The second-order valence-electron chi connectivity index (χ2n) is 4.94. The fourth-order valence-electron chi connectivity index (χ4n) is 2.05. The van der Waals surface area contributed by atoms with E-state index in [4.69, 9.17) is 4.74 Å². The SMILES string of the molecule is CCCCCCOc1cc(NC)nc(-c2ccccc2)n1. The number of hydrogen-bond acceptors (Lipinski definition) is 4. The molecular formula is C17H23N3O. The van der Waals surface area contributed by atoms with Gasteiger partial charge in [0.1, 0.15) is 5.82 Å². The smallest absolute Gasteiger partial charge is 0.219 e. The minimum atomic E-state index is 0.629. The lowest BCUT2D eigenvalue weighted by Gasteiger charge is -2.09. The average Bonchev–Trinajstić information content (AvgIpc) is 2.55. The third-order valence-corrected chi connectivity index (χ3v) is 3.24. The number of nitrogens with one attached hydrogen (secondary N) is 1. The Morgan fingerprint density at radius 3 is 2.57 bits per heavy atom. The van der Waals surface area contributed by atoms with Gasteiger partial charge in [0.2, 0.25) is 5.88 Å². The number of anilines is 1. The number of aromatic nitrogens is 2. The first-order valence-electron chi connectivity index (χ1n) is 7.58. The van der Waals surface area contributed by atoms with E-state index in [1.54, 1.807) is 0 Å². The van der Waals surface area contributed by atoms with E-state index in [1.165, 1.54) is 19.3 Å². The Morgan fingerprint density at radius 1 is 1.05 bits per heavy atom. The largest absolute Gasteiger partial charge is 0.478 e. The van der Waals surface area contributed by atoms with Crippen molar-refractivity contribution in [1.82, 2.24) is 9.97 Å². The van der Waals surface area contributed by atoms with Crippen molar-refractivity contribution in [2.24, 2.45) is 0 Å². The van der Waals surface area contributed by atoms with E-state index in [1.807, 2.05) is 43.4 Å². The molecule has 0 radical (unpaired) electrons. The predicted molar refractivity (Wildman–Crippen MR) is 86.7 cm³/mol. The summed E-state index contributed by atoms with van der Waals surface area (Å²) in [6.45, 7) is 2.91. The zero-order valence-electron chi connectivity index (χ0n) is 12.8. The average molecular weight is 285 g/mol. The van der Waals surface area contributed by atoms with Crippen LogP contribution in [-0.2, 0) is 0 Å². The van der Waals surface area contributed by atoms with Crippen LogP contribution in [0.1, 0.15) is 32.6 Å². The van der Waals surface area contributed by atoms with Crippen LogP contribution in [0.25, 0.3) is 11.4 Å². The van der Waals surface area contributed by atoms with Crippen LogP contribution >= 0.6 is 0 Å². The molecule has 0 unspecified atom stereocenters. The van der Waals surface area contributed by atoms with Crippen LogP contribution in [0.2, 0.25) is 0 Å². The first-order valence-corrected chi connectivity index (χ1v) is 7.58. The van der Waals surface area contributed by atoms with Gasteiger partial charge in [0.05, 0.1) is 6.61 Å². The van der Waals surface area contributed by atoms with Crippen LogP contribution in [0.4, 0.5) is 5.82 Å². The molecule has 0 fully saturated rings. The highest BCUT2D eigenvalue weighted by atomic mass is 16.5. The van der Waals surface area contributed by atoms with Gasteiger partial charge in [-0.15, -0.1) is 0 Å². The molecular weight excluding hydrogens is 262 g/mol. The zero-order valence-corrected chi connectivity index (χ0v) is 12.8. The standard InChI is InChI=1S/C17H23N3O/c1-3-4-5-9-12-21-16-13-15(18-2)19-17(20-16)14-10-7-6-8-11-14/h6-8,10-11,13H,3-5,9,12H2,1-2H3,(H,18,19,20). The fraction of sp³-hybridized carbons (Fsp3) is 0.412. The third-order valence-electron chi connectivity index (χ3n) is 3.24. The van der Waals surface area contributed by atoms with Crippen LogP contribution in [0.5, 0.6) is 5.88 Å². The van der Waals surface area contributed by atoms with Gasteiger partial charge in [0, 0.05) is 18.7 Å². The van der Waals surface area contributed by atoms with Crippen molar-refractivity contribution < 1.29 is 4.74 Å². The molecule has 21 heavy (non-hydrogen) atoms. The van der Waals surface area contributed by atoms with Crippen molar-refractivity contribution in [2.75, 3.05) is 19.0 Å². The molecule has 112 valence electrons.